The van der Waals surface area contributed by atoms with E-state index in [1.807, 2.05) is 31.2 Å². The third kappa shape index (κ3) is 2.69. The lowest BCUT2D eigenvalue weighted by atomic mass is 10.0. The SMILES string of the molecule is COc1c(N)ccnc1-c1ccc([C@@H](C)OC)cc1. The molecule has 1 aromatic carbocycles. The molecule has 2 aromatic rings. The fourth-order valence-electron chi connectivity index (χ4n) is 1.93. The Labute approximate surface area is 113 Å². The van der Waals surface area contributed by atoms with Crippen LogP contribution in [0.25, 0.3) is 11.3 Å². The molecule has 0 spiro atoms. The fraction of sp³-hybridized carbons (Fsp3) is 0.267. The first-order valence-corrected chi connectivity index (χ1v) is 6.09. The maximum absolute atomic E-state index is 5.88. The number of nitrogen functional groups attached to an aromatic ring is 1. The molecule has 4 nitrogen and oxygen atoms in total. The van der Waals surface area contributed by atoms with Crippen molar-refractivity contribution in [3.8, 4) is 17.0 Å². The van der Waals surface area contributed by atoms with Crippen LogP contribution >= 0.6 is 0 Å². The van der Waals surface area contributed by atoms with Crippen molar-refractivity contribution >= 4 is 5.69 Å². The summed E-state index contributed by atoms with van der Waals surface area (Å²) in [5, 5.41) is 0. The normalized spacial score (nSPS) is 12.2. The summed E-state index contributed by atoms with van der Waals surface area (Å²) in [5.41, 5.74) is 9.31. The number of aromatic nitrogens is 1. The number of methoxy groups -OCH3 is 2. The highest BCUT2D eigenvalue weighted by Gasteiger charge is 2.11. The van der Waals surface area contributed by atoms with Gasteiger partial charge in [0.25, 0.3) is 0 Å². The standard InChI is InChI=1S/C15H18N2O2/c1-10(18-2)11-4-6-12(7-5-11)14-15(19-3)13(16)8-9-17-14/h4-10H,1-3H3,(H2,16,17)/t10-/m1/s1. The maximum atomic E-state index is 5.88. The number of anilines is 1. The van der Waals surface area contributed by atoms with Crippen molar-refractivity contribution in [1.29, 1.82) is 0 Å². The summed E-state index contributed by atoms with van der Waals surface area (Å²) in [6.07, 6.45) is 1.75. The largest absolute Gasteiger partial charge is 0.492 e. The van der Waals surface area contributed by atoms with Crippen LogP contribution in [0, 0.1) is 0 Å². The second-order valence-corrected chi connectivity index (χ2v) is 4.28. The topological polar surface area (TPSA) is 57.4 Å². The van der Waals surface area contributed by atoms with Gasteiger partial charge in [-0.2, -0.15) is 0 Å². The van der Waals surface area contributed by atoms with E-state index in [9.17, 15) is 0 Å². The van der Waals surface area contributed by atoms with E-state index in [0.29, 0.717) is 11.4 Å². The molecule has 0 saturated carbocycles. The number of pyridine rings is 1. The molecule has 19 heavy (non-hydrogen) atoms. The second kappa shape index (κ2) is 5.71. The lowest BCUT2D eigenvalue weighted by Crippen LogP contribution is -1.98. The predicted octanol–water partition coefficient (Wildman–Crippen LogP) is 3.05. The van der Waals surface area contributed by atoms with Gasteiger partial charge in [-0.05, 0) is 18.6 Å². The van der Waals surface area contributed by atoms with E-state index >= 15 is 0 Å². The van der Waals surface area contributed by atoms with Gasteiger partial charge in [-0.3, -0.25) is 4.98 Å². The molecule has 0 unspecified atom stereocenters. The lowest BCUT2D eigenvalue weighted by Gasteiger charge is -2.12. The van der Waals surface area contributed by atoms with E-state index in [1.54, 1.807) is 26.5 Å². The molecule has 1 aromatic heterocycles. The number of ether oxygens (including phenoxy) is 2. The minimum Gasteiger partial charge on any atom is -0.492 e. The molecule has 100 valence electrons. The van der Waals surface area contributed by atoms with Crippen molar-refractivity contribution < 1.29 is 9.47 Å². The second-order valence-electron chi connectivity index (χ2n) is 4.28. The van der Waals surface area contributed by atoms with E-state index < -0.39 is 0 Å². The monoisotopic (exact) mass is 258 g/mol. The smallest absolute Gasteiger partial charge is 0.167 e. The molecule has 1 atom stereocenters. The predicted molar refractivity (Wildman–Crippen MR) is 76.1 cm³/mol. The van der Waals surface area contributed by atoms with Crippen molar-refractivity contribution in [2.24, 2.45) is 0 Å². The summed E-state index contributed by atoms with van der Waals surface area (Å²) in [6, 6.07) is 9.76. The first-order valence-electron chi connectivity index (χ1n) is 6.09. The van der Waals surface area contributed by atoms with Crippen LogP contribution in [0.5, 0.6) is 5.75 Å². The zero-order valence-corrected chi connectivity index (χ0v) is 11.4. The Morgan fingerprint density at radius 2 is 1.79 bits per heavy atom. The van der Waals surface area contributed by atoms with Crippen molar-refractivity contribution in [2.45, 2.75) is 13.0 Å². The highest BCUT2D eigenvalue weighted by molar-refractivity contribution is 5.73. The van der Waals surface area contributed by atoms with Crippen LogP contribution < -0.4 is 10.5 Å². The van der Waals surface area contributed by atoms with Gasteiger partial charge >= 0.3 is 0 Å². The summed E-state index contributed by atoms with van der Waals surface area (Å²) < 4.78 is 10.6. The highest BCUT2D eigenvalue weighted by atomic mass is 16.5. The van der Waals surface area contributed by atoms with Crippen molar-refractivity contribution in [2.75, 3.05) is 20.0 Å². The molecule has 0 aliphatic heterocycles. The van der Waals surface area contributed by atoms with Crippen molar-refractivity contribution in [1.82, 2.24) is 4.98 Å². The molecule has 0 amide bonds. The Hall–Kier alpha value is -2.07. The van der Waals surface area contributed by atoms with Gasteiger partial charge in [0.15, 0.2) is 5.75 Å². The average Bonchev–Trinajstić information content (AvgIpc) is 2.46. The van der Waals surface area contributed by atoms with Gasteiger partial charge in [0, 0.05) is 18.9 Å². The number of benzene rings is 1. The third-order valence-electron chi connectivity index (χ3n) is 3.15. The van der Waals surface area contributed by atoms with Crippen molar-refractivity contribution in [3.05, 3.63) is 42.1 Å². The summed E-state index contributed by atoms with van der Waals surface area (Å²) >= 11 is 0. The molecule has 0 fully saturated rings. The first-order chi connectivity index (χ1) is 9.17. The highest BCUT2D eigenvalue weighted by Crippen LogP contribution is 2.33. The van der Waals surface area contributed by atoms with Crippen LogP contribution in [-0.2, 0) is 4.74 Å². The van der Waals surface area contributed by atoms with Crippen LogP contribution in [0.3, 0.4) is 0 Å². The van der Waals surface area contributed by atoms with E-state index in [4.69, 9.17) is 15.2 Å². The summed E-state index contributed by atoms with van der Waals surface area (Å²) in [7, 11) is 3.29. The maximum Gasteiger partial charge on any atom is 0.167 e. The molecule has 0 radical (unpaired) electrons. The van der Waals surface area contributed by atoms with E-state index in [1.165, 1.54) is 0 Å². The van der Waals surface area contributed by atoms with Crippen LogP contribution in [0.4, 0.5) is 5.69 Å². The molecule has 2 rings (SSSR count). The van der Waals surface area contributed by atoms with E-state index in [0.717, 1.165) is 16.8 Å². The molecular weight excluding hydrogens is 240 g/mol. The number of hydrogen-bond acceptors (Lipinski definition) is 4. The summed E-state index contributed by atoms with van der Waals surface area (Å²) in [4.78, 5) is 4.34. The minimum absolute atomic E-state index is 0.0738. The Morgan fingerprint density at radius 3 is 2.37 bits per heavy atom. The molecule has 1 heterocycles. The summed E-state index contributed by atoms with van der Waals surface area (Å²) in [6.45, 7) is 2.01. The Bertz CT molecular complexity index is 553. The Kier molecular flexibility index (Phi) is 4.02. The molecule has 4 heteroatoms. The van der Waals surface area contributed by atoms with Gasteiger partial charge in [-0.15, -0.1) is 0 Å². The minimum atomic E-state index is 0.0738. The van der Waals surface area contributed by atoms with Crippen LogP contribution in [0.2, 0.25) is 0 Å². The molecule has 0 aliphatic rings. The van der Waals surface area contributed by atoms with Gasteiger partial charge in [0.2, 0.25) is 0 Å². The molecule has 2 N–H and O–H groups in total. The zero-order chi connectivity index (χ0) is 13.8. The van der Waals surface area contributed by atoms with Gasteiger partial charge < -0.3 is 15.2 Å². The zero-order valence-electron chi connectivity index (χ0n) is 11.4. The lowest BCUT2D eigenvalue weighted by molar-refractivity contribution is 0.119. The van der Waals surface area contributed by atoms with Crippen LogP contribution in [0.15, 0.2) is 36.5 Å². The van der Waals surface area contributed by atoms with Crippen molar-refractivity contribution in [3.63, 3.8) is 0 Å². The van der Waals surface area contributed by atoms with Gasteiger partial charge in [-0.1, -0.05) is 24.3 Å². The summed E-state index contributed by atoms with van der Waals surface area (Å²) in [5.74, 6) is 0.607. The number of nitrogens with zero attached hydrogens (tertiary/aromatic N) is 1. The Balaban J connectivity index is 2.40. The first kappa shape index (κ1) is 13.4. The third-order valence-corrected chi connectivity index (χ3v) is 3.15. The molecule has 0 saturated heterocycles. The fourth-order valence-corrected chi connectivity index (χ4v) is 1.93. The molecule has 0 aliphatic carbocycles. The van der Waals surface area contributed by atoms with Crippen LogP contribution in [-0.4, -0.2) is 19.2 Å². The van der Waals surface area contributed by atoms with Gasteiger partial charge in [0.05, 0.1) is 18.9 Å². The van der Waals surface area contributed by atoms with Gasteiger partial charge in [0.1, 0.15) is 5.69 Å². The van der Waals surface area contributed by atoms with Crippen LogP contribution in [0.1, 0.15) is 18.6 Å². The van der Waals surface area contributed by atoms with E-state index in [2.05, 4.69) is 4.98 Å². The number of nitrogens with two attached hydrogens (primary N) is 1. The van der Waals surface area contributed by atoms with E-state index in [-0.39, 0.29) is 6.10 Å². The Morgan fingerprint density at radius 1 is 1.11 bits per heavy atom. The average molecular weight is 258 g/mol. The number of hydrogen-bond donors (Lipinski definition) is 1. The quantitative estimate of drug-likeness (QED) is 0.915. The molecular formula is C15H18N2O2. The number of rotatable bonds is 4. The molecule has 0 bridgehead atoms. The van der Waals surface area contributed by atoms with Gasteiger partial charge in [-0.25, -0.2) is 0 Å².